The first-order valence-electron chi connectivity index (χ1n) is 5.99. The molecule has 0 aromatic carbocycles. The van der Waals surface area contributed by atoms with Crippen molar-refractivity contribution < 1.29 is 5.11 Å². The van der Waals surface area contributed by atoms with Crippen molar-refractivity contribution in [1.82, 2.24) is 9.38 Å². The summed E-state index contributed by atoms with van der Waals surface area (Å²) in [5.41, 5.74) is 0.408. The summed E-state index contributed by atoms with van der Waals surface area (Å²) in [6, 6.07) is 6.05. The van der Waals surface area contributed by atoms with Crippen molar-refractivity contribution in [2.45, 2.75) is 19.4 Å². The van der Waals surface area contributed by atoms with Crippen molar-refractivity contribution in [2.24, 2.45) is 5.92 Å². The SMILES string of the molecule is CC(C)C1(O)CN(c2cccc3nccn23)C1. The lowest BCUT2D eigenvalue weighted by Gasteiger charge is -2.50. The summed E-state index contributed by atoms with van der Waals surface area (Å²) in [6.45, 7) is 5.52. The Kier molecular flexibility index (Phi) is 2.16. The minimum Gasteiger partial charge on any atom is -0.386 e. The fourth-order valence-electron chi connectivity index (χ4n) is 2.33. The van der Waals surface area contributed by atoms with Crippen molar-refractivity contribution in [3.63, 3.8) is 0 Å². The third-order valence-corrected chi connectivity index (χ3v) is 3.73. The van der Waals surface area contributed by atoms with Crippen molar-refractivity contribution in [1.29, 1.82) is 0 Å². The van der Waals surface area contributed by atoms with Crippen molar-refractivity contribution in [3.8, 4) is 0 Å². The molecular formula is C13H17N3O. The Morgan fingerprint density at radius 2 is 2.12 bits per heavy atom. The Hall–Kier alpha value is -1.55. The molecule has 0 atom stereocenters. The summed E-state index contributed by atoms with van der Waals surface area (Å²) in [7, 11) is 0. The van der Waals surface area contributed by atoms with Gasteiger partial charge in [-0.05, 0) is 18.1 Å². The second-order valence-corrected chi connectivity index (χ2v) is 5.15. The minimum atomic E-state index is -0.539. The third-order valence-electron chi connectivity index (χ3n) is 3.73. The van der Waals surface area contributed by atoms with E-state index in [1.807, 2.05) is 18.3 Å². The smallest absolute Gasteiger partial charge is 0.138 e. The zero-order valence-electron chi connectivity index (χ0n) is 10.2. The maximum absolute atomic E-state index is 10.3. The second kappa shape index (κ2) is 3.47. The van der Waals surface area contributed by atoms with Gasteiger partial charge in [-0.1, -0.05) is 19.9 Å². The molecular weight excluding hydrogens is 214 g/mol. The predicted molar refractivity (Wildman–Crippen MR) is 67.2 cm³/mol. The van der Waals surface area contributed by atoms with Crippen LogP contribution in [0, 0.1) is 5.92 Å². The van der Waals surface area contributed by atoms with Crippen LogP contribution in [-0.2, 0) is 0 Å². The summed E-state index contributed by atoms with van der Waals surface area (Å²) in [5.74, 6) is 1.39. The number of hydrogen-bond donors (Lipinski definition) is 1. The lowest BCUT2D eigenvalue weighted by Crippen LogP contribution is -2.65. The van der Waals surface area contributed by atoms with Gasteiger partial charge in [0.1, 0.15) is 17.1 Å². The number of aliphatic hydroxyl groups is 1. The highest BCUT2D eigenvalue weighted by Gasteiger charge is 2.44. The van der Waals surface area contributed by atoms with Crippen molar-refractivity contribution in [2.75, 3.05) is 18.0 Å². The van der Waals surface area contributed by atoms with Crippen LogP contribution in [0.2, 0.25) is 0 Å². The molecule has 0 unspecified atom stereocenters. The van der Waals surface area contributed by atoms with Gasteiger partial charge in [0.05, 0.1) is 13.1 Å². The van der Waals surface area contributed by atoms with Gasteiger partial charge < -0.3 is 10.0 Å². The molecule has 1 saturated heterocycles. The molecule has 1 aliphatic rings. The highest BCUT2D eigenvalue weighted by atomic mass is 16.3. The van der Waals surface area contributed by atoms with E-state index in [2.05, 4.69) is 34.2 Å². The Bertz CT molecular complexity index is 540. The summed E-state index contributed by atoms with van der Waals surface area (Å²) in [5, 5.41) is 10.3. The van der Waals surface area contributed by atoms with Gasteiger partial charge in [-0.2, -0.15) is 0 Å². The number of nitrogens with zero attached hydrogens (tertiary/aromatic N) is 3. The standard InChI is InChI=1S/C13H17N3O/c1-10(2)13(17)8-15(9-13)12-5-3-4-11-14-6-7-16(11)12/h3-7,10,17H,8-9H2,1-2H3. The van der Waals surface area contributed by atoms with Crippen LogP contribution in [0.25, 0.3) is 5.65 Å². The van der Waals surface area contributed by atoms with E-state index < -0.39 is 5.60 Å². The van der Waals surface area contributed by atoms with Gasteiger partial charge in [0.2, 0.25) is 0 Å². The molecule has 0 amide bonds. The van der Waals surface area contributed by atoms with Gasteiger partial charge in [0, 0.05) is 12.4 Å². The monoisotopic (exact) mass is 231 g/mol. The van der Waals surface area contributed by atoms with E-state index >= 15 is 0 Å². The first-order valence-corrected chi connectivity index (χ1v) is 5.99. The first-order chi connectivity index (χ1) is 8.10. The summed E-state index contributed by atoms with van der Waals surface area (Å²) in [4.78, 5) is 6.45. The van der Waals surface area contributed by atoms with Crippen molar-refractivity contribution >= 4 is 11.5 Å². The molecule has 17 heavy (non-hydrogen) atoms. The molecule has 4 nitrogen and oxygen atoms in total. The largest absolute Gasteiger partial charge is 0.386 e. The highest BCUT2D eigenvalue weighted by Crippen LogP contribution is 2.32. The molecule has 0 spiro atoms. The van der Waals surface area contributed by atoms with Crippen LogP contribution in [0.4, 0.5) is 5.82 Å². The molecule has 1 aliphatic heterocycles. The van der Waals surface area contributed by atoms with Gasteiger partial charge in [-0.3, -0.25) is 4.40 Å². The number of pyridine rings is 1. The van der Waals surface area contributed by atoms with Gasteiger partial charge in [-0.15, -0.1) is 0 Å². The van der Waals surface area contributed by atoms with E-state index in [9.17, 15) is 5.11 Å². The van der Waals surface area contributed by atoms with E-state index in [1.54, 1.807) is 6.20 Å². The molecule has 0 bridgehead atoms. The lowest BCUT2D eigenvalue weighted by molar-refractivity contribution is -0.0305. The number of hydrogen-bond acceptors (Lipinski definition) is 3. The Morgan fingerprint density at radius 3 is 2.82 bits per heavy atom. The third kappa shape index (κ3) is 1.52. The van der Waals surface area contributed by atoms with Crippen LogP contribution in [0.15, 0.2) is 30.6 Å². The number of aromatic nitrogens is 2. The van der Waals surface area contributed by atoms with Gasteiger partial charge in [0.25, 0.3) is 0 Å². The van der Waals surface area contributed by atoms with Crippen LogP contribution < -0.4 is 4.90 Å². The Labute approximate surface area is 101 Å². The molecule has 3 rings (SSSR count). The quantitative estimate of drug-likeness (QED) is 0.852. The van der Waals surface area contributed by atoms with E-state index in [4.69, 9.17) is 0 Å². The maximum Gasteiger partial charge on any atom is 0.138 e. The fourth-order valence-corrected chi connectivity index (χ4v) is 2.33. The van der Waals surface area contributed by atoms with Gasteiger partial charge in [0.15, 0.2) is 0 Å². The lowest BCUT2D eigenvalue weighted by atomic mass is 9.83. The summed E-state index contributed by atoms with van der Waals surface area (Å²) < 4.78 is 2.06. The van der Waals surface area contributed by atoms with Gasteiger partial charge in [-0.25, -0.2) is 4.98 Å². The number of anilines is 1. The second-order valence-electron chi connectivity index (χ2n) is 5.15. The normalized spacial score (nSPS) is 18.7. The average Bonchev–Trinajstić information content (AvgIpc) is 2.72. The zero-order valence-corrected chi connectivity index (χ0v) is 10.2. The molecule has 1 fully saturated rings. The molecule has 4 heteroatoms. The zero-order chi connectivity index (χ0) is 12.0. The van der Waals surface area contributed by atoms with Crippen molar-refractivity contribution in [3.05, 3.63) is 30.6 Å². The summed E-state index contributed by atoms with van der Waals surface area (Å²) >= 11 is 0. The van der Waals surface area contributed by atoms with E-state index in [1.165, 1.54) is 0 Å². The molecule has 90 valence electrons. The molecule has 0 radical (unpaired) electrons. The van der Waals surface area contributed by atoms with Crippen LogP contribution in [-0.4, -0.2) is 33.2 Å². The van der Waals surface area contributed by atoms with E-state index in [-0.39, 0.29) is 0 Å². The average molecular weight is 231 g/mol. The number of rotatable bonds is 2. The summed E-state index contributed by atoms with van der Waals surface area (Å²) in [6.07, 6.45) is 3.75. The molecule has 0 saturated carbocycles. The molecule has 2 aromatic rings. The van der Waals surface area contributed by atoms with Crippen LogP contribution in [0.5, 0.6) is 0 Å². The number of fused-ring (bicyclic) bond motifs is 1. The molecule has 1 N–H and O–H groups in total. The first kappa shape index (κ1) is 10.6. The van der Waals surface area contributed by atoms with Crippen LogP contribution in [0.3, 0.4) is 0 Å². The number of β-amino-alcohol motifs (C(OH)–C–C–N with tert-alkyl or cyclic N) is 1. The molecule has 2 aromatic heterocycles. The van der Waals surface area contributed by atoms with E-state index in [0.717, 1.165) is 11.5 Å². The topological polar surface area (TPSA) is 40.8 Å². The van der Waals surface area contributed by atoms with Crippen LogP contribution in [0.1, 0.15) is 13.8 Å². The molecule has 3 heterocycles. The predicted octanol–water partition coefficient (Wildman–Crippen LogP) is 1.54. The van der Waals surface area contributed by atoms with Crippen LogP contribution >= 0.6 is 0 Å². The Morgan fingerprint density at radius 1 is 1.35 bits per heavy atom. The van der Waals surface area contributed by atoms with Gasteiger partial charge >= 0.3 is 0 Å². The van der Waals surface area contributed by atoms with E-state index in [0.29, 0.717) is 19.0 Å². The molecule has 0 aliphatic carbocycles. The maximum atomic E-state index is 10.3. The fraction of sp³-hybridized carbons (Fsp3) is 0.462. The number of imidazole rings is 1. The highest BCUT2D eigenvalue weighted by molar-refractivity contribution is 5.53. The minimum absolute atomic E-state index is 0.292. The Balaban J connectivity index is 1.90.